The smallest absolute Gasteiger partial charge is 0.308 e. The summed E-state index contributed by atoms with van der Waals surface area (Å²) in [6.07, 6.45) is 0. The van der Waals surface area contributed by atoms with Crippen LogP contribution in [-0.4, -0.2) is 11.0 Å². The fourth-order valence-corrected chi connectivity index (χ4v) is 1.48. The Kier molecular flexibility index (Phi) is 2.56. The molecule has 1 aromatic heterocycles. The molecule has 2 aromatic rings. The van der Waals surface area contributed by atoms with E-state index in [9.17, 15) is 4.79 Å². The van der Waals surface area contributed by atoms with Gasteiger partial charge in [-0.3, -0.25) is 4.79 Å². The van der Waals surface area contributed by atoms with Crippen molar-refractivity contribution in [2.45, 2.75) is 6.92 Å². The number of para-hydroxylation sites is 1. The zero-order valence-electron chi connectivity index (χ0n) is 8.03. The monoisotopic (exact) mass is 221 g/mol. The Morgan fingerprint density at radius 1 is 1.33 bits per heavy atom. The van der Waals surface area contributed by atoms with Gasteiger partial charge in [0.1, 0.15) is 10.7 Å². The number of rotatable bonds is 1. The summed E-state index contributed by atoms with van der Waals surface area (Å²) in [5, 5.41) is 1.26. The molecule has 0 atom stereocenters. The third-order valence-corrected chi connectivity index (χ3v) is 2.11. The number of nitrogens with zero attached hydrogens (tertiary/aromatic N) is 1. The van der Waals surface area contributed by atoms with Gasteiger partial charge >= 0.3 is 5.97 Å². The van der Waals surface area contributed by atoms with Gasteiger partial charge in [0.15, 0.2) is 5.75 Å². The Balaban J connectivity index is 2.63. The molecule has 0 fully saturated rings. The van der Waals surface area contributed by atoms with Gasteiger partial charge in [0.2, 0.25) is 0 Å². The van der Waals surface area contributed by atoms with E-state index in [2.05, 4.69) is 4.98 Å². The molecule has 0 aliphatic rings. The fourth-order valence-electron chi connectivity index (χ4n) is 1.33. The lowest BCUT2D eigenvalue weighted by Crippen LogP contribution is -2.02. The van der Waals surface area contributed by atoms with Gasteiger partial charge in [-0.25, -0.2) is 4.98 Å². The van der Waals surface area contributed by atoms with E-state index < -0.39 is 0 Å². The van der Waals surface area contributed by atoms with Crippen LogP contribution in [0, 0.1) is 0 Å². The second-order valence-electron chi connectivity index (χ2n) is 3.06. The molecule has 0 aliphatic carbocycles. The second-order valence-corrected chi connectivity index (χ2v) is 3.44. The molecule has 0 saturated carbocycles. The zero-order chi connectivity index (χ0) is 10.8. The van der Waals surface area contributed by atoms with Crippen LogP contribution in [0.2, 0.25) is 5.15 Å². The first-order valence-corrected chi connectivity index (χ1v) is 4.78. The Hall–Kier alpha value is -1.61. The molecule has 76 valence electrons. The maximum atomic E-state index is 10.9. The topological polar surface area (TPSA) is 39.2 Å². The van der Waals surface area contributed by atoms with Crippen molar-refractivity contribution in [3.8, 4) is 5.75 Å². The SMILES string of the molecule is CC(=O)Oc1cccc2ccc(Cl)nc12. The quantitative estimate of drug-likeness (QED) is 0.422. The third kappa shape index (κ3) is 2.07. The van der Waals surface area contributed by atoms with Gasteiger partial charge in [0.25, 0.3) is 0 Å². The molecule has 1 aromatic carbocycles. The molecule has 0 N–H and O–H groups in total. The Labute approximate surface area is 91.6 Å². The van der Waals surface area contributed by atoms with Crippen LogP contribution in [0.4, 0.5) is 0 Å². The van der Waals surface area contributed by atoms with Crippen molar-refractivity contribution in [2.24, 2.45) is 0 Å². The van der Waals surface area contributed by atoms with Gasteiger partial charge in [-0.1, -0.05) is 23.7 Å². The molecule has 2 rings (SSSR count). The number of halogens is 1. The molecule has 0 bridgehead atoms. The number of carbonyl (C=O) groups excluding carboxylic acids is 1. The van der Waals surface area contributed by atoms with Crippen LogP contribution in [0.15, 0.2) is 30.3 Å². The zero-order valence-corrected chi connectivity index (χ0v) is 8.78. The van der Waals surface area contributed by atoms with E-state index in [1.165, 1.54) is 6.92 Å². The summed E-state index contributed by atoms with van der Waals surface area (Å²) in [6, 6.07) is 8.90. The maximum absolute atomic E-state index is 10.9. The van der Waals surface area contributed by atoms with Crippen LogP contribution in [0.25, 0.3) is 10.9 Å². The average molecular weight is 222 g/mol. The standard InChI is InChI=1S/C11H8ClNO2/c1-7(14)15-9-4-2-3-8-5-6-10(12)13-11(8)9/h2-6H,1H3. The lowest BCUT2D eigenvalue weighted by atomic mass is 10.2. The number of hydrogen-bond acceptors (Lipinski definition) is 3. The van der Waals surface area contributed by atoms with Crippen molar-refractivity contribution in [1.82, 2.24) is 4.98 Å². The van der Waals surface area contributed by atoms with Gasteiger partial charge in [-0.15, -0.1) is 0 Å². The van der Waals surface area contributed by atoms with Crippen LogP contribution in [0.5, 0.6) is 5.75 Å². The van der Waals surface area contributed by atoms with E-state index >= 15 is 0 Å². The van der Waals surface area contributed by atoms with Crippen LogP contribution < -0.4 is 4.74 Å². The molecule has 1 heterocycles. The Bertz CT molecular complexity index is 525. The normalized spacial score (nSPS) is 10.3. The van der Waals surface area contributed by atoms with E-state index in [0.29, 0.717) is 16.4 Å². The molecule has 15 heavy (non-hydrogen) atoms. The van der Waals surface area contributed by atoms with E-state index in [0.717, 1.165) is 5.39 Å². The minimum Gasteiger partial charge on any atom is -0.424 e. The number of fused-ring (bicyclic) bond motifs is 1. The number of pyridine rings is 1. The molecule has 0 saturated heterocycles. The summed E-state index contributed by atoms with van der Waals surface area (Å²) in [4.78, 5) is 15.0. The van der Waals surface area contributed by atoms with E-state index in [-0.39, 0.29) is 5.97 Å². The Morgan fingerprint density at radius 2 is 2.13 bits per heavy atom. The van der Waals surface area contributed by atoms with Crippen molar-refractivity contribution in [3.05, 3.63) is 35.5 Å². The number of hydrogen-bond donors (Lipinski definition) is 0. The average Bonchev–Trinajstić information content (AvgIpc) is 2.18. The third-order valence-electron chi connectivity index (χ3n) is 1.90. The van der Waals surface area contributed by atoms with Crippen LogP contribution in [0.1, 0.15) is 6.92 Å². The fraction of sp³-hybridized carbons (Fsp3) is 0.0909. The van der Waals surface area contributed by atoms with Crippen molar-refractivity contribution in [2.75, 3.05) is 0 Å². The summed E-state index contributed by atoms with van der Waals surface area (Å²) < 4.78 is 5.02. The Morgan fingerprint density at radius 3 is 2.87 bits per heavy atom. The molecular formula is C11H8ClNO2. The van der Waals surface area contributed by atoms with Crippen molar-refractivity contribution in [1.29, 1.82) is 0 Å². The van der Waals surface area contributed by atoms with Gasteiger partial charge in [0, 0.05) is 12.3 Å². The highest BCUT2D eigenvalue weighted by Crippen LogP contribution is 2.25. The van der Waals surface area contributed by atoms with Crippen LogP contribution >= 0.6 is 11.6 Å². The minimum atomic E-state index is -0.371. The lowest BCUT2D eigenvalue weighted by Gasteiger charge is -2.04. The second kappa shape index (κ2) is 3.87. The number of esters is 1. The summed E-state index contributed by atoms with van der Waals surface area (Å²) >= 11 is 5.78. The molecule has 3 nitrogen and oxygen atoms in total. The maximum Gasteiger partial charge on any atom is 0.308 e. The lowest BCUT2D eigenvalue weighted by molar-refractivity contribution is -0.131. The van der Waals surface area contributed by atoms with Gasteiger partial charge in [-0.2, -0.15) is 0 Å². The molecular weight excluding hydrogens is 214 g/mol. The first kappa shape index (κ1) is 9.93. The first-order valence-electron chi connectivity index (χ1n) is 4.40. The number of aromatic nitrogens is 1. The molecule has 0 radical (unpaired) electrons. The van der Waals surface area contributed by atoms with E-state index in [1.807, 2.05) is 12.1 Å². The summed E-state index contributed by atoms with van der Waals surface area (Å²) in [6.45, 7) is 1.35. The number of ether oxygens (including phenoxy) is 1. The number of benzene rings is 1. The van der Waals surface area contributed by atoms with Crippen molar-refractivity contribution < 1.29 is 9.53 Å². The highest BCUT2D eigenvalue weighted by molar-refractivity contribution is 6.29. The summed E-state index contributed by atoms with van der Waals surface area (Å²) in [5.41, 5.74) is 0.597. The number of carbonyl (C=O) groups is 1. The van der Waals surface area contributed by atoms with Gasteiger partial charge in [-0.05, 0) is 18.2 Å². The molecule has 4 heteroatoms. The van der Waals surface area contributed by atoms with Crippen molar-refractivity contribution in [3.63, 3.8) is 0 Å². The minimum absolute atomic E-state index is 0.371. The molecule has 0 unspecified atom stereocenters. The van der Waals surface area contributed by atoms with Gasteiger partial charge in [0.05, 0.1) is 0 Å². The molecule has 0 amide bonds. The van der Waals surface area contributed by atoms with E-state index in [4.69, 9.17) is 16.3 Å². The molecule has 0 aliphatic heterocycles. The van der Waals surface area contributed by atoms with Crippen LogP contribution in [-0.2, 0) is 4.79 Å². The van der Waals surface area contributed by atoms with E-state index in [1.54, 1.807) is 18.2 Å². The van der Waals surface area contributed by atoms with Crippen LogP contribution in [0.3, 0.4) is 0 Å². The predicted molar refractivity (Wildman–Crippen MR) is 58.1 cm³/mol. The summed E-state index contributed by atoms with van der Waals surface area (Å²) in [5.74, 6) is 0.0618. The predicted octanol–water partition coefficient (Wildman–Crippen LogP) is 2.81. The summed E-state index contributed by atoms with van der Waals surface area (Å²) in [7, 11) is 0. The largest absolute Gasteiger partial charge is 0.424 e. The molecule has 0 spiro atoms. The highest BCUT2D eigenvalue weighted by Gasteiger charge is 2.05. The highest BCUT2D eigenvalue weighted by atomic mass is 35.5. The first-order chi connectivity index (χ1) is 7.16. The van der Waals surface area contributed by atoms with Crippen molar-refractivity contribution >= 4 is 28.5 Å². The van der Waals surface area contributed by atoms with Gasteiger partial charge < -0.3 is 4.74 Å².